The Hall–Kier alpha value is -3.80. The third-order valence-electron chi connectivity index (χ3n) is 9.87. The summed E-state index contributed by atoms with van der Waals surface area (Å²) in [5.41, 5.74) is 1.85. The Labute approximate surface area is 289 Å². The molecule has 48 heavy (non-hydrogen) atoms. The normalized spacial score (nSPS) is 29.8. The summed E-state index contributed by atoms with van der Waals surface area (Å²) >= 11 is 3.62. The first-order chi connectivity index (χ1) is 23.2. The third-order valence-corrected chi connectivity index (χ3v) is 10.6. The number of hydrogen-bond donors (Lipinski definition) is 2. The number of para-hydroxylation sites is 1. The number of nitrogens with zero attached hydrogens (tertiary/aromatic N) is 2. The first kappa shape index (κ1) is 34.1. The predicted octanol–water partition coefficient (Wildman–Crippen LogP) is 4.42. The fraction of sp³-hybridized carbons (Fsp3) is 0.459. The van der Waals surface area contributed by atoms with Gasteiger partial charge in [0.25, 0.3) is 5.91 Å². The molecule has 2 N–H and O–H groups in total. The van der Waals surface area contributed by atoms with E-state index in [1.165, 1.54) is 0 Å². The number of carbonyl (C=O) groups excluding carboxylic acids is 4. The number of rotatable bonds is 7. The molecule has 4 aliphatic rings. The lowest BCUT2D eigenvalue weighted by molar-refractivity contribution is -0.159. The summed E-state index contributed by atoms with van der Waals surface area (Å²) in [5.74, 6) is -3.46. The van der Waals surface area contributed by atoms with Gasteiger partial charge in [0.05, 0.1) is 12.5 Å². The Morgan fingerprint density at radius 2 is 1.71 bits per heavy atom. The van der Waals surface area contributed by atoms with Crippen molar-refractivity contribution < 1.29 is 33.8 Å². The number of ether oxygens (including phenoxy) is 2. The summed E-state index contributed by atoms with van der Waals surface area (Å²) in [7, 11) is 0. The number of benzene rings is 2. The molecule has 5 bridgehead atoms. The number of halogens is 1. The Morgan fingerprint density at radius 3 is 2.44 bits per heavy atom. The summed E-state index contributed by atoms with van der Waals surface area (Å²) in [5, 5.41) is 12.3. The van der Waals surface area contributed by atoms with Gasteiger partial charge >= 0.3 is 5.97 Å². The highest BCUT2D eigenvalue weighted by Gasteiger charge is 2.75. The maximum atomic E-state index is 15.1. The SMILES string of the molecule is Cc1cccc(C)c1N1C/C=C\CCC(=O)NC[C@@H](c2ccccc2)OC(=O)[C@@H]2[C@H]3O[C@@]4(C=C3Br)[C@H](C1=O)N(CCCCCO)C(=O)[C@@H]24. The molecular weight excluding hydrogens is 678 g/mol. The zero-order chi connectivity index (χ0) is 34.0. The van der Waals surface area contributed by atoms with Gasteiger partial charge in [0.1, 0.15) is 29.8 Å². The molecule has 2 aromatic rings. The van der Waals surface area contributed by atoms with Gasteiger partial charge in [0, 0.05) is 36.3 Å². The van der Waals surface area contributed by atoms with Gasteiger partial charge in [-0.3, -0.25) is 19.2 Å². The molecule has 254 valence electrons. The number of nitrogens with one attached hydrogen (secondary N) is 1. The second-order valence-electron chi connectivity index (χ2n) is 13.0. The molecule has 2 fully saturated rings. The minimum absolute atomic E-state index is 0.0347. The van der Waals surface area contributed by atoms with E-state index in [-0.39, 0.29) is 50.4 Å². The Bertz CT molecular complexity index is 1610. The highest BCUT2D eigenvalue weighted by Crippen LogP contribution is 2.59. The van der Waals surface area contributed by atoms with E-state index in [2.05, 4.69) is 21.2 Å². The molecule has 4 heterocycles. The largest absolute Gasteiger partial charge is 0.455 e. The zero-order valence-corrected chi connectivity index (χ0v) is 28.9. The van der Waals surface area contributed by atoms with Crippen molar-refractivity contribution in [2.75, 3.05) is 31.1 Å². The lowest BCUT2D eigenvalue weighted by atomic mass is 9.74. The Morgan fingerprint density at radius 1 is 0.958 bits per heavy atom. The number of aliphatic hydroxyl groups is 1. The molecule has 0 unspecified atom stereocenters. The van der Waals surface area contributed by atoms with Crippen LogP contribution in [-0.4, -0.2) is 77.7 Å². The summed E-state index contributed by atoms with van der Waals surface area (Å²) in [6, 6.07) is 14.0. The first-order valence-corrected chi connectivity index (χ1v) is 17.5. The monoisotopic (exact) mass is 719 g/mol. The number of aryl methyl sites for hydroxylation is 2. The second-order valence-corrected chi connectivity index (χ2v) is 13.9. The van der Waals surface area contributed by atoms with Crippen molar-refractivity contribution in [2.24, 2.45) is 11.8 Å². The number of hydrogen-bond acceptors (Lipinski definition) is 7. The molecule has 11 heteroatoms. The van der Waals surface area contributed by atoms with Gasteiger partial charge in [0.2, 0.25) is 11.8 Å². The quantitative estimate of drug-likeness (QED) is 0.247. The van der Waals surface area contributed by atoms with E-state index in [9.17, 15) is 19.5 Å². The molecule has 0 aliphatic carbocycles. The number of unbranched alkanes of at least 4 members (excludes halogenated alkanes) is 2. The number of likely N-dealkylation sites (tertiary alicyclic amines) is 1. The number of amides is 3. The fourth-order valence-corrected chi connectivity index (χ4v) is 8.40. The van der Waals surface area contributed by atoms with Gasteiger partial charge in [-0.05, 0) is 62.3 Å². The van der Waals surface area contributed by atoms with E-state index in [0.29, 0.717) is 35.7 Å². The van der Waals surface area contributed by atoms with Gasteiger partial charge < -0.3 is 29.7 Å². The molecule has 4 aliphatic heterocycles. The number of cyclic esters (lactones) is 1. The molecule has 6 rings (SSSR count). The van der Waals surface area contributed by atoms with Crippen molar-refractivity contribution in [3.8, 4) is 0 Å². The molecule has 10 nitrogen and oxygen atoms in total. The minimum Gasteiger partial charge on any atom is -0.455 e. The van der Waals surface area contributed by atoms with Crippen LogP contribution in [0.15, 0.2) is 71.2 Å². The number of allylic oxidation sites excluding steroid dienone is 1. The maximum Gasteiger partial charge on any atom is 0.313 e. The van der Waals surface area contributed by atoms with Crippen molar-refractivity contribution in [3.63, 3.8) is 0 Å². The van der Waals surface area contributed by atoms with Crippen molar-refractivity contribution in [1.29, 1.82) is 0 Å². The summed E-state index contributed by atoms with van der Waals surface area (Å²) in [6.07, 6.45) is 6.46. The van der Waals surface area contributed by atoms with Crippen LogP contribution in [0.25, 0.3) is 0 Å². The molecule has 0 aromatic heterocycles. The summed E-state index contributed by atoms with van der Waals surface area (Å²) in [6.45, 7) is 4.48. The fourth-order valence-electron chi connectivity index (χ4n) is 7.67. The zero-order valence-electron chi connectivity index (χ0n) is 27.3. The van der Waals surface area contributed by atoms with E-state index in [1.807, 2.05) is 80.6 Å². The highest BCUT2D eigenvalue weighted by atomic mass is 79.9. The average molecular weight is 721 g/mol. The number of aliphatic hydroxyl groups excluding tert-OH is 1. The summed E-state index contributed by atoms with van der Waals surface area (Å²) < 4.78 is 13.4. The second kappa shape index (κ2) is 14.4. The van der Waals surface area contributed by atoms with Crippen LogP contribution in [0.1, 0.15) is 54.9 Å². The van der Waals surface area contributed by atoms with E-state index < -0.39 is 41.7 Å². The molecule has 1 spiro atoms. The van der Waals surface area contributed by atoms with Gasteiger partial charge in [0.15, 0.2) is 0 Å². The Balaban J connectivity index is 1.46. The van der Waals surface area contributed by atoms with Crippen molar-refractivity contribution >= 4 is 45.3 Å². The smallest absolute Gasteiger partial charge is 0.313 e. The van der Waals surface area contributed by atoms with Crippen molar-refractivity contribution in [3.05, 3.63) is 87.9 Å². The lowest BCUT2D eigenvalue weighted by Gasteiger charge is -2.36. The van der Waals surface area contributed by atoms with Crippen LogP contribution >= 0.6 is 15.9 Å². The van der Waals surface area contributed by atoms with Crippen LogP contribution in [0.3, 0.4) is 0 Å². The lowest BCUT2D eigenvalue weighted by Crippen LogP contribution is -2.56. The van der Waals surface area contributed by atoms with Crippen molar-refractivity contribution in [2.45, 2.75) is 69.8 Å². The van der Waals surface area contributed by atoms with E-state index >= 15 is 4.79 Å². The van der Waals surface area contributed by atoms with Crippen LogP contribution in [0.5, 0.6) is 0 Å². The molecule has 2 saturated heterocycles. The van der Waals surface area contributed by atoms with E-state index in [4.69, 9.17) is 9.47 Å². The number of fused-ring (bicyclic) bond motifs is 2. The molecular formula is C37H42BrN3O7. The number of carbonyl (C=O) groups is 4. The standard InChI is InChI=1S/C37H42BrN3O7/c1-23-13-12-14-24(2)31(23)40-18-9-4-8-17-28(43)39-22-27(25-15-6-3-7-16-25)47-36(46)29-30-34(44)41(19-10-5-11-20-42)33(35(40)45)37(30)21-26(38)32(29)48-37/h3-4,6-7,9,12-16,21,27,29-30,32-33,42H,5,8,10-11,17-20,22H2,1-2H3,(H,39,43)/b9-4-/t27-,29-,30+,32-,33-,37+/m0/s1. The Kier molecular flexibility index (Phi) is 10.2. The van der Waals surface area contributed by atoms with Crippen LogP contribution in [0.4, 0.5) is 5.69 Å². The molecule has 6 atom stereocenters. The van der Waals surface area contributed by atoms with Crippen LogP contribution in [0, 0.1) is 25.7 Å². The first-order valence-electron chi connectivity index (χ1n) is 16.7. The van der Waals surface area contributed by atoms with Gasteiger partial charge in [-0.25, -0.2) is 0 Å². The van der Waals surface area contributed by atoms with Crippen LogP contribution in [0.2, 0.25) is 0 Å². The van der Waals surface area contributed by atoms with Crippen LogP contribution < -0.4 is 10.2 Å². The topological polar surface area (TPSA) is 125 Å². The summed E-state index contributed by atoms with van der Waals surface area (Å²) in [4.78, 5) is 60.0. The molecule has 3 amide bonds. The highest BCUT2D eigenvalue weighted by molar-refractivity contribution is 9.11. The van der Waals surface area contributed by atoms with Crippen LogP contribution in [-0.2, 0) is 28.7 Å². The maximum absolute atomic E-state index is 15.1. The average Bonchev–Trinajstić information content (AvgIpc) is 3.66. The van der Waals surface area contributed by atoms with E-state index in [1.54, 1.807) is 9.80 Å². The predicted molar refractivity (Wildman–Crippen MR) is 183 cm³/mol. The third kappa shape index (κ3) is 6.23. The van der Waals surface area contributed by atoms with Gasteiger partial charge in [-0.2, -0.15) is 0 Å². The molecule has 0 radical (unpaired) electrons. The van der Waals surface area contributed by atoms with Crippen molar-refractivity contribution in [1.82, 2.24) is 10.2 Å². The molecule has 2 aromatic carbocycles. The van der Waals surface area contributed by atoms with Gasteiger partial charge in [-0.1, -0.05) is 76.6 Å². The van der Waals surface area contributed by atoms with Gasteiger partial charge in [-0.15, -0.1) is 0 Å². The number of esters is 1. The minimum atomic E-state index is -1.40. The van der Waals surface area contributed by atoms with E-state index in [0.717, 1.165) is 16.8 Å². The number of anilines is 1. The molecule has 0 saturated carbocycles.